The molecular formula is C17H20N2O3S. The maximum absolute atomic E-state index is 12.2. The van der Waals surface area contributed by atoms with Crippen LogP contribution >= 0.6 is 11.8 Å². The summed E-state index contributed by atoms with van der Waals surface area (Å²) in [6, 6.07) is 7.27. The van der Waals surface area contributed by atoms with Crippen molar-refractivity contribution >= 4 is 23.4 Å². The number of nitrogens with zero attached hydrogens (tertiary/aromatic N) is 1. The van der Waals surface area contributed by atoms with Crippen LogP contribution in [0.3, 0.4) is 0 Å². The van der Waals surface area contributed by atoms with E-state index in [-0.39, 0.29) is 5.91 Å². The van der Waals surface area contributed by atoms with Gasteiger partial charge < -0.3 is 14.8 Å². The standard InChI is InChI=1S/C17H20N2O3S/c1-11(2)14-9-18-15(22-14)12-3-5-13(6-4-12)19-16(20)17(21)7-8-23-10-17/h3-6,9,11,21H,7-8,10H2,1-2H3,(H,19,20). The third kappa shape index (κ3) is 3.43. The van der Waals surface area contributed by atoms with Gasteiger partial charge in [0.2, 0.25) is 5.89 Å². The van der Waals surface area contributed by atoms with Crippen LogP contribution in [-0.4, -0.2) is 33.1 Å². The Labute approximate surface area is 139 Å². The molecule has 1 unspecified atom stereocenters. The van der Waals surface area contributed by atoms with Gasteiger partial charge in [0.15, 0.2) is 5.60 Å². The van der Waals surface area contributed by atoms with Crippen LogP contribution in [0.4, 0.5) is 5.69 Å². The van der Waals surface area contributed by atoms with Gasteiger partial charge in [-0.3, -0.25) is 4.79 Å². The predicted molar refractivity (Wildman–Crippen MR) is 91.5 cm³/mol. The minimum atomic E-state index is -1.25. The lowest BCUT2D eigenvalue weighted by Crippen LogP contribution is -2.42. The molecule has 0 aliphatic carbocycles. The van der Waals surface area contributed by atoms with E-state index in [4.69, 9.17) is 4.42 Å². The first-order valence-electron chi connectivity index (χ1n) is 7.66. The zero-order chi connectivity index (χ0) is 16.4. The number of thioether (sulfide) groups is 1. The quantitative estimate of drug-likeness (QED) is 0.899. The number of benzene rings is 1. The van der Waals surface area contributed by atoms with Crippen molar-refractivity contribution in [3.05, 3.63) is 36.2 Å². The molecule has 1 amide bonds. The minimum Gasteiger partial charge on any atom is -0.441 e. The van der Waals surface area contributed by atoms with Gasteiger partial charge in [-0.05, 0) is 36.4 Å². The van der Waals surface area contributed by atoms with E-state index in [0.29, 0.717) is 29.7 Å². The van der Waals surface area contributed by atoms with E-state index in [1.807, 2.05) is 12.1 Å². The molecule has 2 N–H and O–H groups in total. The van der Waals surface area contributed by atoms with Crippen molar-refractivity contribution in [2.75, 3.05) is 16.8 Å². The van der Waals surface area contributed by atoms with Gasteiger partial charge in [0.25, 0.3) is 5.91 Å². The summed E-state index contributed by atoms with van der Waals surface area (Å²) in [4.78, 5) is 16.4. The fraction of sp³-hybridized carbons (Fsp3) is 0.412. The lowest BCUT2D eigenvalue weighted by atomic mass is 10.0. The SMILES string of the molecule is CC(C)c1cnc(-c2ccc(NC(=O)C3(O)CCSC3)cc2)o1. The smallest absolute Gasteiger partial charge is 0.257 e. The molecule has 2 heterocycles. The van der Waals surface area contributed by atoms with E-state index in [9.17, 15) is 9.90 Å². The van der Waals surface area contributed by atoms with Crippen LogP contribution in [0.5, 0.6) is 0 Å². The van der Waals surface area contributed by atoms with Crippen molar-refractivity contribution in [2.24, 2.45) is 0 Å². The number of carbonyl (C=O) groups excluding carboxylic acids is 1. The first-order valence-corrected chi connectivity index (χ1v) is 8.81. The number of amides is 1. The number of hydrogen-bond acceptors (Lipinski definition) is 5. The topological polar surface area (TPSA) is 75.4 Å². The summed E-state index contributed by atoms with van der Waals surface area (Å²) < 4.78 is 5.71. The van der Waals surface area contributed by atoms with Crippen molar-refractivity contribution in [2.45, 2.75) is 31.8 Å². The Kier molecular flexibility index (Phi) is 4.46. The Balaban J connectivity index is 1.70. The molecule has 1 aliphatic rings. The normalized spacial score (nSPS) is 20.9. The van der Waals surface area contributed by atoms with Crippen LogP contribution in [0.1, 0.15) is 31.9 Å². The summed E-state index contributed by atoms with van der Waals surface area (Å²) in [5.41, 5.74) is 0.252. The predicted octanol–water partition coefficient (Wildman–Crippen LogP) is 3.27. The molecule has 1 aromatic heterocycles. The zero-order valence-corrected chi connectivity index (χ0v) is 14.0. The van der Waals surface area contributed by atoms with Crippen LogP contribution in [0.15, 0.2) is 34.9 Å². The van der Waals surface area contributed by atoms with Crippen molar-refractivity contribution in [1.29, 1.82) is 0 Å². The van der Waals surface area contributed by atoms with E-state index in [0.717, 1.165) is 17.1 Å². The Hall–Kier alpha value is -1.79. The van der Waals surface area contributed by atoms with Gasteiger partial charge in [0.05, 0.1) is 6.20 Å². The lowest BCUT2D eigenvalue weighted by molar-refractivity contribution is -0.131. The van der Waals surface area contributed by atoms with Gasteiger partial charge in [-0.1, -0.05) is 13.8 Å². The summed E-state index contributed by atoms with van der Waals surface area (Å²) in [5.74, 6) is 2.63. The maximum Gasteiger partial charge on any atom is 0.257 e. The van der Waals surface area contributed by atoms with Crippen molar-refractivity contribution in [3.63, 3.8) is 0 Å². The number of aliphatic hydroxyl groups is 1. The van der Waals surface area contributed by atoms with E-state index in [1.54, 1.807) is 30.1 Å². The first kappa shape index (κ1) is 16.1. The van der Waals surface area contributed by atoms with Gasteiger partial charge >= 0.3 is 0 Å². The zero-order valence-electron chi connectivity index (χ0n) is 13.2. The number of hydrogen-bond donors (Lipinski definition) is 2. The minimum absolute atomic E-state index is 0.292. The number of anilines is 1. The van der Waals surface area contributed by atoms with Gasteiger partial charge in [0, 0.05) is 22.9 Å². The van der Waals surface area contributed by atoms with E-state index in [1.165, 1.54) is 0 Å². The van der Waals surface area contributed by atoms with Crippen LogP contribution in [-0.2, 0) is 4.79 Å². The second-order valence-corrected chi connectivity index (χ2v) is 7.19. The third-order valence-electron chi connectivity index (χ3n) is 3.91. The van der Waals surface area contributed by atoms with Gasteiger partial charge in [-0.25, -0.2) is 4.98 Å². The number of oxazole rings is 1. The molecule has 122 valence electrons. The first-order chi connectivity index (χ1) is 11.0. The molecular weight excluding hydrogens is 312 g/mol. The monoisotopic (exact) mass is 332 g/mol. The number of carbonyl (C=O) groups is 1. The highest BCUT2D eigenvalue weighted by Gasteiger charge is 2.39. The van der Waals surface area contributed by atoms with Crippen molar-refractivity contribution < 1.29 is 14.3 Å². The van der Waals surface area contributed by atoms with Gasteiger partial charge in [0.1, 0.15) is 5.76 Å². The second kappa shape index (κ2) is 6.37. The Morgan fingerprint density at radius 2 is 2.13 bits per heavy atom. The highest BCUT2D eigenvalue weighted by molar-refractivity contribution is 7.99. The molecule has 5 nitrogen and oxygen atoms in total. The Morgan fingerprint density at radius 1 is 1.39 bits per heavy atom. The van der Waals surface area contributed by atoms with Crippen LogP contribution < -0.4 is 5.32 Å². The molecule has 1 atom stereocenters. The molecule has 6 heteroatoms. The molecule has 2 aromatic rings. The molecule has 1 aromatic carbocycles. The molecule has 0 bridgehead atoms. The molecule has 0 saturated carbocycles. The van der Waals surface area contributed by atoms with E-state index >= 15 is 0 Å². The van der Waals surface area contributed by atoms with Gasteiger partial charge in [-0.15, -0.1) is 0 Å². The number of nitrogens with one attached hydrogen (secondary N) is 1. The molecule has 1 saturated heterocycles. The van der Waals surface area contributed by atoms with Crippen molar-refractivity contribution in [3.8, 4) is 11.5 Å². The summed E-state index contributed by atoms with van der Waals surface area (Å²) in [5, 5.41) is 13.0. The molecule has 1 aliphatic heterocycles. The lowest BCUT2D eigenvalue weighted by Gasteiger charge is -2.20. The van der Waals surface area contributed by atoms with E-state index < -0.39 is 5.60 Å². The molecule has 1 fully saturated rings. The molecule has 0 radical (unpaired) electrons. The molecule has 3 rings (SSSR count). The van der Waals surface area contributed by atoms with Gasteiger partial charge in [-0.2, -0.15) is 11.8 Å². The average Bonchev–Trinajstić information content (AvgIpc) is 3.18. The van der Waals surface area contributed by atoms with Crippen LogP contribution in [0, 0.1) is 0 Å². The second-order valence-electron chi connectivity index (χ2n) is 6.09. The van der Waals surface area contributed by atoms with Crippen LogP contribution in [0.25, 0.3) is 11.5 Å². The number of aromatic nitrogens is 1. The van der Waals surface area contributed by atoms with E-state index in [2.05, 4.69) is 24.1 Å². The summed E-state index contributed by atoms with van der Waals surface area (Å²) in [6.45, 7) is 4.10. The highest BCUT2D eigenvalue weighted by atomic mass is 32.2. The third-order valence-corrected chi connectivity index (χ3v) is 5.08. The number of rotatable bonds is 4. The Morgan fingerprint density at radius 3 is 2.70 bits per heavy atom. The highest BCUT2D eigenvalue weighted by Crippen LogP contribution is 2.29. The Bertz CT molecular complexity index is 688. The fourth-order valence-corrected chi connectivity index (χ4v) is 3.60. The summed E-state index contributed by atoms with van der Waals surface area (Å²) in [6.07, 6.45) is 2.23. The maximum atomic E-state index is 12.2. The average molecular weight is 332 g/mol. The summed E-state index contributed by atoms with van der Waals surface area (Å²) in [7, 11) is 0. The summed E-state index contributed by atoms with van der Waals surface area (Å²) >= 11 is 1.59. The van der Waals surface area contributed by atoms with Crippen LogP contribution in [0.2, 0.25) is 0 Å². The molecule has 23 heavy (non-hydrogen) atoms. The largest absolute Gasteiger partial charge is 0.441 e. The molecule has 0 spiro atoms. The van der Waals surface area contributed by atoms with Crippen molar-refractivity contribution in [1.82, 2.24) is 4.98 Å². The fourth-order valence-electron chi connectivity index (χ4n) is 2.36.